The van der Waals surface area contributed by atoms with E-state index in [2.05, 4.69) is 15.2 Å². The normalized spacial score (nSPS) is 15.9. The van der Waals surface area contributed by atoms with Gasteiger partial charge in [0, 0.05) is 12.7 Å². The number of pyridine rings is 1. The first-order valence-corrected chi connectivity index (χ1v) is 10.6. The van der Waals surface area contributed by atoms with Gasteiger partial charge >= 0.3 is 5.97 Å². The van der Waals surface area contributed by atoms with Crippen molar-refractivity contribution in [2.45, 2.75) is 32.3 Å². The van der Waals surface area contributed by atoms with Gasteiger partial charge in [-0.25, -0.2) is 9.78 Å². The van der Waals surface area contributed by atoms with E-state index in [1.165, 1.54) is 11.9 Å². The van der Waals surface area contributed by atoms with Crippen molar-refractivity contribution < 1.29 is 19.1 Å². The summed E-state index contributed by atoms with van der Waals surface area (Å²) in [6.45, 7) is 2.96. The van der Waals surface area contributed by atoms with Crippen molar-refractivity contribution in [3.8, 4) is 11.6 Å². The van der Waals surface area contributed by atoms with Crippen molar-refractivity contribution in [3.05, 3.63) is 65.6 Å². The lowest BCUT2D eigenvalue weighted by atomic mass is 10.0. The summed E-state index contributed by atoms with van der Waals surface area (Å²) in [5, 5.41) is 8.31. The summed E-state index contributed by atoms with van der Waals surface area (Å²) in [6, 6.07) is 9.04. The van der Waals surface area contributed by atoms with E-state index in [4.69, 9.17) is 9.47 Å². The highest BCUT2D eigenvalue weighted by atomic mass is 16.5. The second-order valence-electron chi connectivity index (χ2n) is 7.46. The van der Waals surface area contributed by atoms with E-state index in [0.29, 0.717) is 36.3 Å². The Morgan fingerprint density at radius 1 is 1.12 bits per heavy atom. The Balaban J connectivity index is 1.55. The molecule has 1 fully saturated rings. The quantitative estimate of drug-likeness (QED) is 0.549. The smallest absolute Gasteiger partial charge is 0.343 e. The number of methoxy groups -OCH3 is 1. The molecule has 2 aromatic heterocycles. The first-order chi connectivity index (χ1) is 15.6. The number of benzene rings is 1. The molecule has 0 N–H and O–H groups in total. The van der Waals surface area contributed by atoms with Gasteiger partial charge in [0.05, 0.1) is 37.3 Å². The Kier molecular flexibility index (Phi) is 6.44. The predicted molar refractivity (Wildman–Crippen MR) is 116 cm³/mol. The summed E-state index contributed by atoms with van der Waals surface area (Å²) in [6.07, 6.45) is 6.66. The van der Waals surface area contributed by atoms with Gasteiger partial charge in [-0.3, -0.25) is 4.79 Å². The fraction of sp³-hybridized carbons (Fsp3) is 0.348. The number of aryl methyl sites for hydroxylation is 1. The Hall–Kier alpha value is -3.75. The van der Waals surface area contributed by atoms with Gasteiger partial charge in [-0.2, -0.15) is 15.0 Å². The summed E-state index contributed by atoms with van der Waals surface area (Å²) >= 11 is 0. The largest absolute Gasteiger partial charge is 0.472 e. The summed E-state index contributed by atoms with van der Waals surface area (Å²) in [5.74, 6) is -0.347. The van der Waals surface area contributed by atoms with Crippen LogP contribution in [0.4, 0.5) is 0 Å². The number of likely N-dealkylation sites (tertiary alicyclic amines) is 1. The highest BCUT2D eigenvalue weighted by Crippen LogP contribution is 2.26. The van der Waals surface area contributed by atoms with Gasteiger partial charge in [-0.15, -0.1) is 0 Å². The molecule has 0 aliphatic carbocycles. The van der Waals surface area contributed by atoms with E-state index < -0.39 is 5.97 Å². The number of aromatic nitrogens is 4. The van der Waals surface area contributed by atoms with Crippen LogP contribution in [-0.4, -0.2) is 63.1 Å². The molecule has 32 heavy (non-hydrogen) atoms. The third kappa shape index (κ3) is 4.32. The predicted octanol–water partition coefficient (Wildman–Crippen LogP) is 2.69. The van der Waals surface area contributed by atoms with Crippen LogP contribution in [0, 0.1) is 0 Å². The maximum atomic E-state index is 13.3. The van der Waals surface area contributed by atoms with Crippen molar-refractivity contribution >= 4 is 11.9 Å². The van der Waals surface area contributed by atoms with E-state index in [1.54, 1.807) is 35.6 Å². The maximum absolute atomic E-state index is 13.3. The van der Waals surface area contributed by atoms with Gasteiger partial charge in [0.15, 0.2) is 0 Å². The fourth-order valence-corrected chi connectivity index (χ4v) is 3.90. The Bertz CT molecular complexity index is 1100. The molecule has 9 nitrogen and oxygen atoms in total. The van der Waals surface area contributed by atoms with Crippen LogP contribution in [0.15, 0.2) is 48.9 Å². The topological polar surface area (TPSA) is 99.4 Å². The maximum Gasteiger partial charge on any atom is 0.343 e. The minimum atomic E-state index is -0.477. The molecule has 3 aromatic rings. The van der Waals surface area contributed by atoms with Crippen LogP contribution in [0.2, 0.25) is 0 Å². The SMILES string of the molecule is CCc1ccnc(OC2CCCN(C(=O)c3ccccc3-n3nccn3)C2)c1C(=O)OC. The average Bonchev–Trinajstić information content (AvgIpc) is 3.38. The molecule has 1 saturated heterocycles. The van der Waals surface area contributed by atoms with Crippen LogP contribution >= 0.6 is 0 Å². The zero-order chi connectivity index (χ0) is 22.5. The number of amides is 1. The van der Waals surface area contributed by atoms with Crippen molar-refractivity contribution in [2.24, 2.45) is 0 Å². The molecule has 4 rings (SSSR count). The number of hydrogen-bond donors (Lipinski definition) is 0. The summed E-state index contributed by atoms with van der Waals surface area (Å²) in [4.78, 5) is 33.2. The average molecular weight is 435 g/mol. The van der Waals surface area contributed by atoms with Crippen molar-refractivity contribution in [3.63, 3.8) is 0 Å². The van der Waals surface area contributed by atoms with Gasteiger partial charge in [0.1, 0.15) is 11.7 Å². The van der Waals surface area contributed by atoms with E-state index >= 15 is 0 Å². The second kappa shape index (κ2) is 9.59. The van der Waals surface area contributed by atoms with Gasteiger partial charge in [-0.1, -0.05) is 19.1 Å². The molecule has 0 saturated carbocycles. The Morgan fingerprint density at radius 3 is 2.66 bits per heavy atom. The molecule has 166 valence electrons. The Labute approximate surface area is 186 Å². The molecule has 0 spiro atoms. The zero-order valence-electron chi connectivity index (χ0n) is 18.1. The number of carbonyl (C=O) groups excluding carboxylic acids is 2. The van der Waals surface area contributed by atoms with Crippen LogP contribution < -0.4 is 4.74 Å². The molecule has 1 aromatic carbocycles. The number of para-hydroxylation sites is 1. The van der Waals surface area contributed by atoms with Crippen molar-refractivity contribution in [2.75, 3.05) is 20.2 Å². The molecule has 1 atom stereocenters. The van der Waals surface area contributed by atoms with Gasteiger partial charge in [-0.05, 0) is 43.0 Å². The number of hydrogen-bond acceptors (Lipinski definition) is 7. The first-order valence-electron chi connectivity index (χ1n) is 10.6. The van der Waals surface area contributed by atoms with E-state index in [1.807, 2.05) is 25.1 Å². The third-order valence-electron chi connectivity index (χ3n) is 5.49. The van der Waals surface area contributed by atoms with Crippen LogP contribution in [0.1, 0.15) is 46.0 Å². The summed E-state index contributed by atoms with van der Waals surface area (Å²) < 4.78 is 11.1. The summed E-state index contributed by atoms with van der Waals surface area (Å²) in [7, 11) is 1.34. The van der Waals surface area contributed by atoms with Crippen LogP contribution in [0.5, 0.6) is 5.88 Å². The molecule has 1 amide bonds. The zero-order valence-corrected chi connectivity index (χ0v) is 18.1. The molecule has 1 aliphatic rings. The minimum Gasteiger partial charge on any atom is -0.472 e. The van der Waals surface area contributed by atoms with Gasteiger partial charge in [0.2, 0.25) is 5.88 Å². The molecular weight excluding hydrogens is 410 g/mol. The van der Waals surface area contributed by atoms with Crippen molar-refractivity contribution in [1.82, 2.24) is 24.9 Å². The monoisotopic (exact) mass is 435 g/mol. The lowest BCUT2D eigenvalue weighted by Crippen LogP contribution is -2.44. The number of ether oxygens (including phenoxy) is 2. The molecule has 1 unspecified atom stereocenters. The highest BCUT2D eigenvalue weighted by Gasteiger charge is 2.29. The molecule has 9 heteroatoms. The third-order valence-corrected chi connectivity index (χ3v) is 5.49. The lowest BCUT2D eigenvalue weighted by molar-refractivity contribution is 0.0497. The number of rotatable bonds is 6. The molecule has 1 aliphatic heterocycles. The molecule has 3 heterocycles. The second-order valence-corrected chi connectivity index (χ2v) is 7.46. The first kappa shape index (κ1) is 21.5. The number of piperidine rings is 1. The van der Waals surface area contributed by atoms with E-state index in [-0.39, 0.29) is 17.9 Å². The van der Waals surface area contributed by atoms with Gasteiger partial charge < -0.3 is 14.4 Å². The van der Waals surface area contributed by atoms with E-state index in [9.17, 15) is 9.59 Å². The molecule has 0 radical (unpaired) electrons. The highest BCUT2D eigenvalue weighted by molar-refractivity contribution is 5.97. The molecular formula is C23H25N5O4. The Morgan fingerprint density at radius 2 is 1.91 bits per heavy atom. The fourth-order valence-electron chi connectivity index (χ4n) is 3.90. The van der Waals surface area contributed by atoms with Crippen LogP contribution in [0.3, 0.4) is 0 Å². The van der Waals surface area contributed by atoms with Gasteiger partial charge in [0.25, 0.3) is 5.91 Å². The standard InChI is InChI=1S/C23H25N5O4/c1-3-16-10-11-24-21(20(16)23(30)31-2)32-17-7-6-14-27(15-17)22(29)18-8-4-5-9-19(18)28-25-12-13-26-28/h4-5,8-13,17H,3,6-7,14-15H2,1-2H3. The minimum absolute atomic E-state index is 0.116. The number of esters is 1. The number of carbonyl (C=O) groups is 2. The summed E-state index contributed by atoms with van der Waals surface area (Å²) in [5.41, 5.74) is 2.30. The lowest BCUT2D eigenvalue weighted by Gasteiger charge is -2.33. The molecule has 0 bridgehead atoms. The van der Waals surface area contributed by atoms with Crippen LogP contribution in [-0.2, 0) is 11.2 Å². The van der Waals surface area contributed by atoms with E-state index in [0.717, 1.165) is 18.4 Å². The number of nitrogens with zero attached hydrogens (tertiary/aromatic N) is 5. The van der Waals surface area contributed by atoms with Crippen LogP contribution in [0.25, 0.3) is 5.69 Å². The van der Waals surface area contributed by atoms with Crippen molar-refractivity contribution in [1.29, 1.82) is 0 Å².